The molecule has 0 spiro atoms. The van der Waals surface area contributed by atoms with E-state index >= 15 is 0 Å². The van der Waals surface area contributed by atoms with Gasteiger partial charge in [0.05, 0.1) is 6.42 Å². The van der Waals surface area contributed by atoms with Crippen LogP contribution < -0.4 is 4.90 Å². The molecule has 1 aliphatic carbocycles. The zero-order valence-corrected chi connectivity index (χ0v) is 10.9. The highest BCUT2D eigenvalue weighted by Crippen LogP contribution is 2.29. The molecule has 2 rings (SSSR count). The lowest BCUT2D eigenvalue weighted by atomic mass is 10.1. The first kappa shape index (κ1) is 12.8. The quantitative estimate of drug-likeness (QED) is 0.859. The molecule has 1 unspecified atom stereocenters. The van der Waals surface area contributed by atoms with E-state index in [9.17, 15) is 4.79 Å². The van der Waals surface area contributed by atoms with Crippen LogP contribution in [0.3, 0.4) is 0 Å². The molecule has 0 amide bonds. The van der Waals surface area contributed by atoms with E-state index in [1.165, 1.54) is 5.56 Å². The third kappa shape index (κ3) is 2.44. The molecule has 1 atom stereocenters. The number of anilines is 1. The summed E-state index contributed by atoms with van der Waals surface area (Å²) in [6.45, 7) is 4.72. The van der Waals surface area contributed by atoms with Crippen LogP contribution in [0.4, 0.5) is 5.82 Å². The number of hydrogen-bond donors (Lipinski definition) is 1. The maximum atomic E-state index is 10.8. The first-order valence-corrected chi connectivity index (χ1v) is 6.44. The van der Waals surface area contributed by atoms with Crippen LogP contribution in [0.25, 0.3) is 0 Å². The molecule has 1 aromatic rings. The summed E-state index contributed by atoms with van der Waals surface area (Å²) in [4.78, 5) is 21.6. The van der Waals surface area contributed by atoms with Crippen LogP contribution >= 0.6 is 0 Å². The molecular weight excluding hydrogens is 230 g/mol. The van der Waals surface area contributed by atoms with Crippen molar-refractivity contribution in [3.05, 3.63) is 17.6 Å². The highest BCUT2D eigenvalue weighted by molar-refractivity contribution is 5.68. The Kier molecular flexibility index (Phi) is 3.79. The number of rotatable bonds is 5. The van der Waals surface area contributed by atoms with Gasteiger partial charge in [-0.2, -0.15) is 0 Å². The van der Waals surface area contributed by atoms with Crippen molar-refractivity contribution < 1.29 is 9.90 Å². The summed E-state index contributed by atoms with van der Waals surface area (Å²) in [6.07, 6.45) is 4.85. The Balaban J connectivity index is 2.28. The minimum Gasteiger partial charge on any atom is -0.481 e. The second-order valence-electron chi connectivity index (χ2n) is 4.71. The van der Waals surface area contributed by atoms with Gasteiger partial charge in [0.1, 0.15) is 12.1 Å². The zero-order valence-electron chi connectivity index (χ0n) is 10.9. The first-order chi connectivity index (χ1) is 8.63. The van der Waals surface area contributed by atoms with E-state index < -0.39 is 5.97 Å². The third-order valence-corrected chi connectivity index (χ3v) is 3.47. The van der Waals surface area contributed by atoms with Gasteiger partial charge >= 0.3 is 5.97 Å². The van der Waals surface area contributed by atoms with E-state index in [-0.39, 0.29) is 12.5 Å². The van der Waals surface area contributed by atoms with Crippen LogP contribution in [0.1, 0.15) is 37.9 Å². The van der Waals surface area contributed by atoms with Gasteiger partial charge in [-0.3, -0.25) is 4.79 Å². The zero-order chi connectivity index (χ0) is 13.1. The maximum Gasteiger partial charge on any atom is 0.305 e. The lowest BCUT2D eigenvalue weighted by Crippen LogP contribution is -2.36. The summed E-state index contributed by atoms with van der Waals surface area (Å²) >= 11 is 0. The fourth-order valence-corrected chi connectivity index (χ4v) is 2.62. The van der Waals surface area contributed by atoms with Crippen LogP contribution in [0.2, 0.25) is 0 Å². The van der Waals surface area contributed by atoms with Crippen molar-refractivity contribution in [1.29, 1.82) is 0 Å². The Hall–Kier alpha value is -1.65. The fraction of sp³-hybridized carbons (Fsp3) is 0.615. The van der Waals surface area contributed by atoms with Gasteiger partial charge in [-0.15, -0.1) is 0 Å². The second-order valence-corrected chi connectivity index (χ2v) is 4.71. The van der Waals surface area contributed by atoms with Gasteiger partial charge in [0.2, 0.25) is 0 Å². The summed E-state index contributed by atoms with van der Waals surface area (Å²) < 4.78 is 0. The van der Waals surface area contributed by atoms with Crippen LogP contribution in [-0.4, -0.2) is 33.6 Å². The van der Waals surface area contributed by atoms with Crippen molar-refractivity contribution in [2.45, 2.75) is 45.6 Å². The van der Waals surface area contributed by atoms with Crippen molar-refractivity contribution in [2.24, 2.45) is 0 Å². The number of aromatic nitrogens is 2. The standard InChI is InChI=1S/C13H19N3O2/c1-3-16(9(2)7-12(17)18)13-10-5-4-6-11(10)14-8-15-13/h8-9H,3-7H2,1-2H3,(H,17,18). The minimum atomic E-state index is -0.772. The summed E-state index contributed by atoms with van der Waals surface area (Å²) in [5.41, 5.74) is 2.33. The molecule has 0 aromatic carbocycles. The Labute approximate surface area is 107 Å². The number of fused-ring (bicyclic) bond motifs is 1. The van der Waals surface area contributed by atoms with Crippen molar-refractivity contribution in [2.75, 3.05) is 11.4 Å². The largest absolute Gasteiger partial charge is 0.481 e. The smallest absolute Gasteiger partial charge is 0.305 e. The molecule has 1 N–H and O–H groups in total. The molecule has 98 valence electrons. The Bertz CT molecular complexity index is 448. The molecular formula is C13H19N3O2. The average Bonchev–Trinajstić information content (AvgIpc) is 2.77. The van der Waals surface area contributed by atoms with Gasteiger partial charge < -0.3 is 10.0 Å². The molecule has 0 fully saturated rings. The predicted molar refractivity (Wildman–Crippen MR) is 68.8 cm³/mol. The monoisotopic (exact) mass is 249 g/mol. The van der Waals surface area contributed by atoms with Gasteiger partial charge in [-0.25, -0.2) is 9.97 Å². The van der Waals surface area contributed by atoms with Crippen LogP contribution in [0, 0.1) is 0 Å². The van der Waals surface area contributed by atoms with E-state index in [2.05, 4.69) is 14.9 Å². The minimum absolute atomic E-state index is 0.0490. The molecule has 0 saturated heterocycles. The van der Waals surface area contributed by atoms with E-state index in [1.54, 1.807) is 6.33 Å². The number of carboxylic acids is 1. The number of carbonyl (C=O) groups is 1. The molecule has 1 heterocycles. The summed E-state index contributed by atoms with van der Waals surface area (Å²) in [7, 11) is 0. The third-order valence-electron chi connectivity index (χ3n) is 3.47. The maximum absolute atomic E-state index is 10.8. The van der Waals surface area contributed by atoms with Crippen molar-refractivity contribution >= 4 is 11.8 Å². The lowest BCUT2D eigenvalue weighted by Gasteiger charge is -2.29. The predicted octanol–water partition coefficient (Wildman–Crippen LogP) is 1.65. The van der Waals surface area contributed by atoms with Crippen molar-refractivity contribution in [3.8, 4) is 0 Å². The normalized spacial score (nSPS) is 15.2. The number of hydrogen-bond acceptors (Lipinski definition) is 4. The Morgan fingerprint density at radius 3 is 2.94 bits per heavy atom. The highest BCUT2D eigenvalue weighted by atomic mass is 16.4. The van der Waals surface area contributed by atoms with Crippen LogP contribution in [-0.2, 0) is 17.6 Å². The number of aliphatic carboxylic acids is 1. The SMILES string of the molecule is CCN(c1ncnc2c1CCC2)C(C)CC(=O)O. The molecule has 18 heavy (non-hydrogen) atoms. The van der Waals surface area contributed by atoms with Crippen molar-refractivity contribution in [1.82, 2.24) is 9.97 Å². The van der Waals surface area contributed by atoms with Gasteiger partial charge in [0.15, 0.2) is 0 Å². The Morgan fingerprint density at radius 1 is 1.50 bits per heavy atom. The topological polar surface area (TPSA) is 66.3 Å². The molecule has 0 radical (unpaired) electrons. The average molecular weight is 249 g/mol. The Morgan fingerprint density at radius 2 is 2.28 bits per heavy atom. The summed E-state index contributed by atoms with van der Waals surface area (Å²) in [5.74, 6) is 0.153. The molecule has 5 heteroatoms. The number of nitrogens with zero attached hydrogens (tertiary/aromatic N) is 3. The van der Waals surface area contributed by atoms with Gasteiger partial charge in [0, 0.05) is 23.8 Å². The van der Waals surface area contributed by atoms with Crippen molar-refractivity contribution in [3.63, 3.8) is 0 Å². The van der Waals surface area contributed by atoms with Gasteiger partial charge in [-0.1, -0.05) is 0 Å². The first-order valence-electron chi connectivity index (χ1n) is 6.44. The highest BCUT2D eigenvalue weighted by Gasteiger charge is 2.24. The summed E-state index contributed by atoms with van der Waals surface area (Å²) in [5, 5.41) is 8.91. The van der Waals surface area contributed by atoms with E-state index in [1.807, 2.05) is 13.8 Å². The molecule has 1 aromatic heterocycles. The van der Waals surface area contributed by atoms with Crippen LogP contribution in [0.5, 0.6) is 0 Å². The summed E-state index contributed by atoms with van der Waals surface area (Å²) in [6, 6.07) is -0.0490. The number of aryl methyl sites for hydroxylation is 1. The molecule has 0 aliphatic heterocycles. The molecule has 1 aliphatic rings. The molecule has 0 saturated carbocycles. The molecule has 0 bridgehead atoms. The second kappa shape index (κ2) is 5.33. The van der Waals surface area contributed by atoms with Gasteiger partial charge in [0.25, 0.3) is 0 Å². The fourth-order valence-electron chi connectivity index (χ4n) is 2.62. The van der Waals surface area contributed by atoms with E-state index in [4.69, 9.17) is 5.11 Å². The van der Waals surface area contributed by atoms with Crippen LogP contribution in [0.15, 0.2) is 6.33 Å². The van der Waals surface area contributed by atoms with E-state index in [0.717, 1.165) is 37.3 Å². The molecule has 5 nitrogen and oxygen atoms in total. The lowest BCUT2D eigenvalue weighted by molar-refractivity contribution is -0.137. The van der Waals surface area contributed by atoms with E-state index in [0.29, 0.717) is 0 Å². The van der Waals surface area contributed by atoms with Gasteiger partial charge in [-0.05, 0) is 33.1 Å². The number of carboxylic acid groups (broad SMARTS) is 1.